The van der Waals surface area contributed by atoms with E-state index in [1.54, 1.807) is 6.92 Å². The van der Waals surface area contributed by atoms with E-state index in [9.17, 15) is 26.7 Å². The zero-order valence-corrected chi connectivity index (χ0v) is 11.3. The minimum absolute atomic E-state index is 0.0313. The molecule has 8 heteroatoms. The molecule has 0 bridgehead atoms. The Kier molecular flexibility index (Phi) is 5.28. The molecule has 0 radical (unpaired) electrons. The average molecular weight is 346 g/mol. The molecule has 0 saturated carbocycles. The van der Waals surface area contributed by atoms with Crippen LogP contribution in [0.3, 0.4) is 0 Å². The third-order valence-corrected chi connectivity index (χ3v) is 3.42. The number of hydrogen-bond donors (Lipinski definition) is 1. The molecule has 0 saturated heterocycles. The molecule has 0 aromatic heterocycles. The normalized spacial score (nSPS) is 12.4. The van der Waals surface area contributed by atoms with Crippen molar-refractivity contribution in [1.82, 2.24) is 5.32 Å². The summed E-state index contributed by atoms with van der Waals surface area (Å²) in [6, 6.07) is 0. The number of amides is 1. The van der Waals surface area contributed by atoms with Gasteiger partial charge in [-0.3, -0.25) is 4.79 Å². The summed E-state index contributed by atoms with van der Waals surface area (Å²) in [5.74, 6) is -12.3. The molecule has 1 atom stereocenters. The van der Waals surface area contributed by atoms with Gasteiger partial charge in [0.05, 0.1) is 0 Å². The molecule has 1 N–H and O–H groups in total. The van der Waals surface area contributed by atoms with Gasteiger partial charge in [-0.1, -0.05) is 22.9 Å². The van der Waals surface area contributed by atoms with Crippen LogP contribution in [0.15, 0.2) is 0 Å². The standard InChI is InChI=1S/C11H9BrF5NO/c1-4(2-12)3-18-11(19)5-6(13)8(15)10(17)9(16)7(5)14/h4H,2-3H2,1H3,(H,18,19). The van der Waals surface area contributed by atoms with Gasteiger partial charge in [0.25, 0.3) is 5.91 Å². The van der Waals surface area contributed by atoms with Crippen molar-refractivity contribution in [2.45, 2.75) is 6.92 Å². The minimum atomic E-state index is -2.29. The van der Waals surface area contributed by atoms with E-state index in [2.05, 4.69) is 21.2 Å². The lowest BCUT2D eigenvalue weighted by molar-refractivity contribution is 0.0937. The molecular formula is C11H9BrF5NO. The van der Waals surface area contributed by atoms with Gasteiger partial charge in [-0.25, -0.2) is 22.0 Å². The van der Waals surface area contributed by atoms with Crippen LogP contribution in [0.5, 0.6) is 0 Å². The smallest absolute Gasteiger partial charge is 0.257 e. The van der Waals surface area contributed by atoms with Gasteiger partial charge in [-0.15, -0.1) is 0 Å². The van der Waals surface area contributed by atoms with E-state index in [0.29, 0.717) is 5.33 Å². The highest BCUT2D eigenvalue weighted by molar-refractivity contribution is 9.09. The summed E-state index contributed by atoms with van der Waals surface area (Å²) >= 11 is 3.11. The highest BCUT2D eigenvalue weighted by atomic mass is 79.9. The number of rotatable bonds is 4. The quantitative estimate of drug-likeness (QED) is 0.386. The second-order valence-electron chi connectivity index (χ2n) is 3.91. The summed E-state index contributed by atoms with van der Waals surface area (Å²) < 4.78 is 65.1. The summed E-state index contributed by atoms with van der Waals surface area (Å²) in [4.78, 5) is 11.5. The largest absolute Gasteiger partial charge is 0.352 e. The van der Waals surface area contributed by atoms with Crippen molar-refractivity contribution in [1.29, 1.82) is 0 Å². The molecule has 1 rings (SSSR count). The fraction of sp³-hybridized carbons (Fsp3) is 0.364. The van der Waals surface area contributed by atoms with Crippen LogP contribution in [0, 0.1) is 35.0 Å². The molecular weight excluding hydrogens is 337 g/mol. The molecule has 0 heterocycles. The first-order valence-corrected chi connectivity index (χ1v) is 6.29. The first kappa shape index (κ1) is 15.9. The maximum Gasteiger partial charge on any atom is 0.257 e. The average Bonchev–Trinajstić information content (AvgIpc) is 2.40. The first-order chi connectivity index (χ1) is 8.81. The van der Waals surface area contributed by atoms with Crippen molar-refractivity contribution >= 4 is 21.8 Å². The van der Waals surface area contributed by atoms with Gasteiger partial charge in [0, 0.05) is 11.9 Å². The summed E-state index contributed by atoms with van der Waals surface area (Å²) in [6.45, 7) is 1.75. The van der Waals surface area contributed by atoms with Gasteiger partial charge >= 0.3 is 0 Å². The van der Waals surface area contributed by atoms with Crippen LogP contribution in [0.4, 0.5) is 22.0 Å². The Balaban J connectivity index is 3.10. The van der Waals surface area contributed by atoms with Crippen LogP contribution in [0.1, 0.15) is 17.3 Å². The fourth-order valence-corrected chi connectivity index (χ4v) is 1.44. The molecule has 106 valence electrons. The molecule has 2 nitrogen and oxygen atoms in total. The van der Waals surface area contributed by atoms with Crippen molar-refractivity contribution < 1.29 is 26.7 Å². The van der Waals surface area contributed by atoms with Gasteiger partial charge in [0.1, 0.15) is 5.56 Å². The Bertz CT molecular complexity index is 479. The van der Waals surface area contributed by atoms with Crippen LogP contribution in [0.25, 0.3) is 0 Å². The topological polar surface area (TPSA) is 29.1 Å². The highest BCUT2D eigenvalue weighted by Gasteiger charge is 2.29. The minimum Gasteiger partial charge on any atom is -0.352 e. The van der Waals surface area contributed by atoms with E-state index in [1.165, 1.54) is 0 Å². The van der Waals surface area contributed by atoms with Crippen LogP contribution < -0.4 is 5.32 Å². The van der Waals surface area contributed by atoms with Gasteiger partial charge < -0.3 is 5.32 Å². The second kappa shape index (κ2) is 6.31. The number of nitrogens with one attached hydrogen (secondary N) is 1. The third kappa shape index (κ3) is 3.23. The number of carbonyl (C=O) groups excluding carboxylic acids is 1. The van der Waals surface area contributed by atoms with Crippen LogP contribution in [-0.4, -0.2) is 17.8 Å². The van der Waals surface area contributed by atoms with E-state index in [-0.39, 0.29) is 12.5 Å². The van der Waals surface area contributed by atoms with Crippen LogP contribution in [0.2, 0.25) is 0 Å². The summed E-state index contributed by atoms with van der Waals surface area (Å²) in [6.07, 6.45) is 0. The number of alkyl halides is 1. The molecule has 0 aliphatic heterocycles. The predicted molar refractivity (Wildman–Crippen MR) is 61.5 cm³/mol. The highest BCUT2D eigenvalue weighted by Crippen LogP contribution is 2.22. The molecule has 0 spiro atoms. The van der Waals surface area contributed by atoms with Gasteiger partial charge in [0.15, 0.2) is 23.3 Å². The number of carbonyl (C=O) groups is 1. The molecule has 19 heavy (non-hydrogen) atoms. The monoisotopic (exact) mass is 345 g/mol. The van der Waals surface area contributed by atoms with Gasteiger partial charge in [-0.05, 0) is 5.92 Å². The molecule has 0 aliphatic carbocycles. The summed E-state index contributed by atoms with van der Waals surface area (Å²) in [7, 11) is 0. The van der Waals surface area contributed by atoms with Crippen molar-refractivity contribution in [2.24, 2.45) is 5.92 Å². The van der Waals surface area contributed by atoms with Crippen molar-refractivity contribution in [2.75, 3.05) is 11.9 Å². The molecule has 1 amide bonds. The van der Waals surface area contributed by atoms with Crippen molar-refractivity contribution in [3.63, 3.8) is 0 Å². The third-order valence-electron chi connectivity index (χ3n) is 2.31. The summed E-state index contributed by atoms with van der Waals surface area (Å²) in [5.41, 5.74) is -1.47. The van der Waals surface area contributed by atoms with Crippen LogP contribution in [-0.2, 0) is 0 Å². The second-order valence-corrected chi connectivity index (χ2v) is 4.56. The predicted octanol–water partition coefficient (Wildman–Crippen LogP) is 3.14. The number of halogens is 6. The zero-order chi connectivity index (χ0) is 14.7. The van der Waals surface area contributed by atoms with Gasteiger partial charge in [-0.2, -0.15) is 0 Å². The van der Waals surface area contributed by atoms with Gasteiger partial charge in [0.2, 0.25) is 5.82 Å². The molecule has 1 aromatic rings. The summed E-state index contributed by atoms with van der Waals surface area (Å²) in [5, 5.41) is 2.60. The Hall–Kier alpha value is -1.18. The van der Waals surface area contributed by atoms with E-state index in [0.717, 1.165) is 0 Å². The van der Waals surface area contributed by atoms with E-state index >= 15 is 0 Å². The SMILES string of the molecule is CC(CBr)CNC(=O)c1c(F)c(F)c(F)c(F)c1F. The lowest BCUT2D eigenvalue weighted by Gasteiger charge is -2.11. The Morgan fingerprint density at radius 1 is 1.05 bits per heavy atom. The van der Waals surface area contributed by atoms with E-state index in [4.69, 9.17) is 0 Å². The Labute approximate surface area is 114 Å². The number of benzene rings is 1. The lowest BCUT2D eigenvalue weighted by Crippen LogP contribution is -2.31. The molecule has 1 unspecified atom stereocenters. The Morgan fingerprint density at radius 2 is 1.47 bits per heavy atom. The maximum absolute atomic E-state index is 13.3. The molecule has 0 fully saturated rings. The molecule has 1 aromatic carbocycles. The van der Waals surface area contributed by atoms with Crippen molar-refractivity contribution in [3.05, 3.63) is 34.6 Å². The Morgan fingerprint density at radius 3 is 1.89 bits per heavy atom. The fourth-order valence-electron chi connectivity index (χ4n) is 1.21. The van der Waals surface area contributed by atoms with Crippen LogP contribution >= 0.6 is 15.9 Å². The van der Waals surface area contributed by atoms with Crippen molar-refractivity contribution in [3.8, 4) is 0 Å². The van der Waals surface area contributed by atoms with E-state index in [1.807, 2.05) is 0 Å². The zero-order valence-electron chi connectivity index (χ0n) is 9.67. The number of hydrogen-bond acceptors (Lipinski definition) is 1. The lowest BCUT2D eigenvalue weighted by atomic mass is 10.1. The molecule has 0 aliphatic rings. The first-order valence-electron chi connectivity index (χ1n) is 5.16. The maximum atomic E-state index is 13.3. The van der Waals surface area contributed by atoms with E-state index < -0.39 is 40.6 Å².